The molecule has 5 heteroatoms. The van der Waals surface area contributed by atoms with Gasteiger partial charge < -0.3 is 5.73 Å². The van der Waals surface area contributed by atoms with Crippen LogP contribution in [-0.2, 0) is 0 Å². The molecule has 0 aromatic carbocycles. The summed E-state index contributed by atoms with van der Waals surface area (Å²) in [6.45, 7) is 7.82. The van der Waals surface area contributed by atoms with Gasteiger partial charge in [0, 0.05) is 5.92 Å². The smallest absolute Gasteiger partial charge is 0.153 e. The van der Waals surface area contributed by atoms with Crippen LogP contribution >= 0.6 is 0 Å². The van der Waals surface area contributed by atoms with Crippen molar-refractivity contribution in [2.24, 2.45) is 0 Å². The van der Waals surface area contributed by atoms with Gasteiger partial charge in [-0.05, 0) is 13.8 Å². The summed E-state index contributed by atoms with van der Waals surface area (Å²) in [5.41, 5.74) is 8.11. The Bertz CT molecular complexity index is 548. The fourth-order valence-corrected chi connectivity index (χ4v) is 1.57. The number of rotatable bonds is 1. The number of aromatic nitrogens is 4. The summed E-state index contributed by atoms with van der Waals surface area (Å²) >= 11 is 0. The van der Waals surface area contributed by atoms with E-state index in [1.165, 1.54) is 0 Å². The van der Waals surface area contributed by atoms with E-state index in [0.29, 0.717) is 17.2 Å². The lowest BCUT2D eigenvalue weighted by molar-refractivity contribution is 0.774. The SMILES string of the molecule is Cc1nc(N)c2nc(C(C)C)nc(C)c2n1. The number of nitrogens with zero attached hydrogens (tertiary/aromatic N) is 4. The van der Waals surface area contributed by atoms with Crippen LogP contribution in [0.5, 0.6) is 0 Å². The summed E-state index contributed by atoms with van der Waals surface area (Å²) in [4.78, 5) is 17.3. The average molecular weight is 217 g/mol. The molecule has 0 amide bonds. The Hall–Kier alpha value is -1.78. The van der Waals surface area contributed by atoms with Gasteiger partial charge in [-0.1, -0.05) is 13.8 Å². The molecule has 84 valence electrons. The minimum atomic E-state index is 0.267. The molecular weight excluding hydrogens is 202 g/mol. The maximum absolute atomic E-state index is 5.85. The van der Waals surface area contributed by atoms with E-state index in [2.05, 4.69) is 19.9 Å². The van der Waals surface area contributed by atoms with Crippen molar-refractivity contribution in [2.75, 3.05) is 5.73 Å². The second-order valence-electron chi connectivity index (χ2n) is 4.18. The topological polar surface area (TPSA) is 77.6 Å². The predicted molar refractivity (Wildman–Crippen MR) is 63.1 cm³/mol. The highest BCUT2D eigenvalue weighted by molar-refractivity contribution is 5.85. The second kappa shape index (κ2) is 3.66. The molecule has 0 saturated carbocycles. The second-order valence-corrected chi connectivity index (χ2v) is 4.18. The van der Waals surface area contributed by atoms with E-state index in [0.717, 1.165) is 17.0 Å². The standard InChI is InChI=1S/C11H15N5/c1-5(2)11-13-6(3)8-9(16-11)10(12)15-7(4)14-8/h5H,1-4H3,(H2,12,14,15). The zero-order chi connectivity index (χ0) is 11.9. The molecule has 0 atom stereocenters. The number of nitrogen functional groups attached to an aromatic ring is 1. The third kappa shape index (κ3) is 1.68. The average Bonchev–Trinajstić information content (AvgIpc) is 2.19. The van der Waals surface area contributed by atoms with Gasteiger partial charge in [-0.15, -0.1) is 0 Å². The van der Waals surface area contributed by atoms with E-state index < -0.39 is 0 Å². The molecule has 2 rings (SSSR count). The Kier molecular flexibility index (Phi) is 2.46. The van der Waals surface area contributed by atoms with Crippen molar-refractivity contribution in [3.63, 3.8) is 0 Å². The molecule has 0 radical (unpaired) electrons. The van der Waals surface area contributed by atoms with E-state index in [4.69, 9.17) is 5.73 Å². The fourth-order valence-electron chi connectivity index (χ4n) is 1.57. The van der Waals surface area contributed by atoms with Gasteiger partial charge in [-0.25, -0.2) is 19.9 Å². The van der Waals surface area contributed by atoms with E-state index >= 15 is 0 Å². The van der Waals surface area contributed by atoms with Crippen LogP contribution in [0.4, 0.5) is 5.82 Å². The molecule has 16 heavy (non-hydrogen) atoms. The summed E-state index contributed by atoms with van der Waals surface area (Å²) in [6, 6.07) is 0. The molecule has 0 fully saturated rings. The zero-order valence-corrected chi connectivity index (χ0v) is 9.94. The molecule has 0 aliphatic rings. The number of aryl methyl sites for hydroxylation is 2. The van der Waals surface area contributed by atoms with Crippen molar-refractivity contribution in [1.29, 1.82) is 0 Å². The Morgan fingerprint density at radius 3 is 2.25 bits per heavy atom. The first-order valence-corrected chi connectivity index (χ1v) is 5.27. The lowest BCUT2D eigenvalue weighted by Crippen LogP contribution is -2.06. The molecular formula is C11H15N5. The normalized spacial score (nSPS) is 11.3. The Morgan fingerprint density at radius 1 is 0.938 bits per heavy atom. The van der Waals surface area contributed by atoms with Gasteiger partial charge in [-0.3, -0.25) is 0 Å². The Morgan fingerprint density at radius 2 is 1.62 bits per heavy atom. The van der Waals surface area contributed by atoms with Gasteiger partial charge in [0.25, 0.3) is 0 Å². The predicted octanol–water partition coefficient (Wildman–Crippen LogP) is 1.74. The van der Waals surface area contributed by atoms with Gasteiger partial charge in [0.1, 0.15) is 22.7 Å². The molecule has 0 aliphatic heterocycles. The molecule has 2 heterocycles. The van der Waals surface area contributed by atoms with Crippen molar-refractivity contribution in [3.05, 3.63) is 17.3 Å². The lowest BCUT2D eigenvalue weighted by Gasteiger charge is -2.08. The third-order valence-electron chi connectivity index (χ3n) is 2.39. The first-order chi connectivity index (χ1) is 7.49. The van der Waals surface area contributed by atoms with Crippen LogP contribution in [0.1, 0.15) is 37.1 Å². The van der Waals surface area contributed by atoms with Crippen LogP contribution in [0.2, 0.25) is 0 Å². The maximum Gasteiger partial charge on any atom is 0.153 e. The molecule has 0 unspecified atom stereocenters. The number of hydrogen-bond donors (Lipinski definition) is 1. The minimum absolute atomic E-state index is 0.267. The molecule has 0 aliphatic carbocycles. The summed E-state index contributed by atoms with van der Waals surface area (Å²) < 4.78 is 0. The quantitative estimate of drug-likeness (QED) is 0.787. The highest BCUT2D eigenvalue weighted by atomic mass is 15.0. The summed E-state index contributed by atoms with van der Waals surface area (Å²) in [6.07, 6.45) is 0. The lowest BCUT2D eigenvalue weighted by atomic mass is 10.2. The molecule has 2 N–H and O–H groups in total. The summed E-state index contributed by atoms with van der Waals surface area (Å²) in [5, 5.41) is 0. The number of hydrogen-bond acceptors (Lipinski definition) is 5. The van der Waals surface area contributed by atoms with Gasteiger partial charge in [0.05, 0.1) is 5.69 Å². The molecule has 0 spiro atoms. The summed E-state index contributed by atoms with van der Waals surface area (Å²) in [5.74, 6) is 2.12. The highest BCUT2D eigenvalue weighted by Crippen LogP contribution is 2.20. The molecule has 0 saturated heterocycles. The van der Waals surface area contributed by atoms with E-state index in [1.54, 1.807) is 0 Å². The number of anilines is 1. The molecule has 0 bridgehead atoms. The van der Waals surface area contributed by atoms with E-state index in [-0.39, 0.29) is 5.92 Å². The van der Waals surface area contributed by atoms with Crippen LogP contribution in [0, 0.1) is 13.8 Å². The number of nitrogens with two attached hydrogens (primary N) is 1. The highest BCUT2D eigenvalue weighted by Gasteiger charge is 2.12. The van der Waals surface area contributed by atoms with Crippen LogP contribution in [0.25, 0.3) is 11.0 Å². The van der Waals surface area contributed by atoms with Gasteiger partial charge in [-0.2, -0.15) is 0 Å². The first-order valence-electron chi connectivity index (χ1n) is 5.27. The zero-order valence-electron chi connectivity index (χ0n) is 9.94. The van der Waals surface area contributed by atoms with Crippen molar-refractivity contribution in [2.45, 2.75) is 33.6 Å². The Labute approximate surface area is 94.2 Å². The summed E-state index contributed by atoms with van der Waals surface area (Å²) in [7, 11) is 0. The van der Waals surface area contributed by atoms with Gasteiger partial charge >= 0.3 is 0 Å². The Balaban J connectivity index is 2.82. The third-order valence-corrected chi connectivity index (χ3v) is 2.39. The van der Waals surface area contributed by atoms with Gasteiger partial charge in [0.2, 0.25) is 0 Å². The van der Waals surface area contributed by atoms with Crippen molar-refractivity contribution >= 4 is 16.9 Å². The monoisotopic (exact) mass is 217 g/mol. The maximum atomic E-state index is 5.85. The van der Waals surface area contributed by atoms with Crippen LogP contribution in [0.3, 0.4) is 0 Å². The van der Waals surface area contributed by atoms with E-state index in [9.17, 15) is 0 Å². The van der Waals surface area contributed by atoms with Crippen molar-refractivity contribution < 1.29 is 0 Å². The van der Waals surface area contributed by atoms with Gasteiger partial charge in [0.15, 0.2) is 5.82 Å². The largest absolute Gasteiger partial charge is 0.382 e. The molecule has 2 aromatic rings. The van der Waals surface area contributed by atoms with Crippen LogP contribution < -0.4 is 5.73 Å². The van der Waals surface area contributed by atoms with Crippen molar-refractivity contribution in [3.8, 4) is 0 Å². The minimum Gasteiger partial charge on any atom is -0.382 e. The van der Waals surface area contributed by atoms with Crippen LogP contribution in [0.15, 0.2) is 0 Å². The van der Waals surface area contributed by atoms with Crippen LogP contribution in [-0.4, -0.2) is 19.9 Å². The molecule has 5 nitrogen and oxygen atoms in total. The van der Waals surface area contributed by atoms with E-state index in [1.807, 2.05) is 27.7 Å². The first kappa shape index (κ1) is 10.7. The molecule has 2 aromatic heterocycles. The fraction of sp³-hybridized carbons (Fsp3) is 0.455. The van der Waals surface area contributed by atoms with Crippen molar-refractivity contribution in [1.82, 2.24) is 19.9 Å². The number of fused-ring (bicyclic) bond motifs is 1.